The Morgan fingerprint density at radius 2 is 1.82 bits per heavy atom. The maximum absolute atomic E-state index is 11.0. The molecule has 1 heterocycles. The van der Waals surface area contributed by atoms with Gasteiger partial charge >= 0.3 is 5.97 Å². The van der Waals surface area contributed by atoms with Gasteiger partial charge in [-0.05, 0) is 12.8 Å². The van der Waals surface area contributed by atoms with Crippen molar-refractivity contribution in [1.29, 1.82) is 0 Å². The minimum atomic E-state index is -1.03. The SMILES string of the molecule is O=C(O)c1nccnc1NC1CCCCCC1. The van der Waals surface area contributed by atoms with Gasteiger partial charge in [0.05, 0.1) is 0 Å². The van der Waals surface area contributed by atoms with Crippen molar-refractivity contribution in [2.45, 2.75) is 44.6 Å². The van der Waals surface area contributed by atoms with Crippen LogP contribution in [-0.2, 0) is 0 Å². The molecule has 0 saturated heterocycles. The van der Waals surface area contributed by atoms with E-state index in [9.17, 15) is 4.79 Å². The lowest BCUT2D eigenvalue weighted by Crippen LogP contribution is -2.21. The molecule has 0 atom stereocenters. The topological polar surface area (TPSA) is 75.1 Å². The number of carboxylic acids is 1. The third-order valence-electron chi connectivity index (χ3n) is 3.10. The fourth-order valence-electron chi connectivity index (χ4n) is 2.22. The van der Waals surface area contributed by atoms with Crippen LogP contribution in [0.5, 0.6) is 0 Å². The van der Waals surface area contributed by atoms with E-state index in [-0.39, 0.29) is 5.69 Å². The summed E-state index contributed by atoms with van der Waals surface area (Å²) in [5.41, 5.74) is 0.0109. The third-order valence-corrected chi connectivity index (χ3v) is 3.10. The summed E-state index contributed by atoms with van der Waals surface area (Å²) in [5.74, 6) is -0.638. The number of carboxylic acid groups (broad SMARTS) is 1. The first-order chi connectivity index (χ1) is 8.27. The average Bonchev–Trinajstić information content (AvgIpc) is 2.58. The molecular weight excluding hydrogens is 218 g/mol. The number of anilines is 1. The van der Waals surface area contributed by atoms with Gasteiger partial charge < -0.3 is 10.4 Å². The molecule has 0 aliphatic heterocycles. The number of aromatic nitrogens is 2. The van der Waals surface area contributed by atoms with Crippen molar-refractivity contribution in [1.82, 2.24) is 9.97 Å². The molecule has 1 aromatic rings. The molecule has 0 amide bonds. The van der Waals surface area contributed by atoms with Crippen LogP contribution in [0.25, 0.3) is 0 Å². The van der Waals surface area contributed by atoms with Crippen LogP contribution in [0.1, 0.15) is 49.0 Å². The monoisotopic (exact) mass is 235 g/mol. The molecule has 17 heavy (non-hydrogen) atoms. The molecule has 2 N–H and O–H groups in total. The predicted octanol–water partition coefficient (Wildman–Crippen LogP) is 2.31. The number of hydrogen-bond acceptors (Lipinski definition) is 4. The van der Waals surface area contributed by atoms with E-state index in [1.807, 2.05) is 0 Å². The van der Waals surface area contributed by atoms with Crippen molar-refractivity contribution in [2.75, 3.05) is 5.32 Å². The standard InChI is InChI=1S/C12H17N3O2/c16-12(17)10-11(14-8-7-13-10)15-9-5-3-1-2-4-6-9/h7-9H,1-6H2,(H,14,15)(H,16,17). The second-order valence-corrected chi connectivity index (χ2v) is 4.39. The first kappa shape index (κ1) is 11.8. The molecule has 0 spiro atoms. The second kappa shape index (κ2) is 5.61. The van der Waals surface area contributed by atoms with E-state index >= 15 is 0 Å². The predicted molar refractivity (Wildman–Crippen MR) is 64.1 cm³/mol. The van der Waals surface area contributed by atoms with Crippen LogP contribution >= 0.6 is 0 Å². The molecule has 0 bridgehead atoms. The molecule has 0 unspecified atom stereocenters. The van der Waals surface area contributed by atoms with Crippen LogP contribution in [0.15, 0.2) is 12.4 Å². The Labute approximate surface area is 100 Å². The second-order valence-electron chi connectivity index (χ2n) is 4.39. The molecule has 0 aromatic carbocycles. The van der Waals surface area contributed by atoms with Crippen LogP contribution in [0, 0.1) is 0 Å². The minimum Gasteiger partial charge on any atom is -0.476 e. The van der Waals surface area contributed by atoms with Gasteiger partial charge in [-0.1, -0.05) is 25.7 Å². The van der Waals surface area contributed by atoms with Crippen LogP contribution in [0.4, 0.5) is 5.82 Å². The zero-order valence-electron chi connectivity index (χ0n) is 9.72. The summed E-state index contributed by atoms with van der Waals surface area (Å²) >= 11 is 0. The molecule has 1 fully saturated rings. The molecular formula is C12H17N3O2. The van der Waals surface area contributed by atoms with Gasteiger partial charge in [0.2, 0.25) is 0 Å². The lowest BCUT2D eigenvalue weighted by Gasteiger charge is -2.17. The van der Waals surface area contributed by atoms with Crippen molar-refractivity contribution < 1.29 is 9.90 Å². The molecule has 5 nitrogen and oxygen atoms in total. The summed E-state index contributed by atoms with van der Waals surface area (Å²) in [7, 11) is 0. The van der Waals surface area contributed by atoms with Crippen molar-refractivity contribution >= 4 is 11.8 Å². The Kier molecular flexibility index (Phi) is 3.90. The number of hydrogen-bond donors (Lipinski definition) is 2. The summed E-state index contributed by atoms with van der Waals surface area (Å²) in [4.78, 5) is 18.9. The van der Waals surface area contributed by atoms with E-state index in [2.05, 4.69) is 15.3 Å². The lowest BCUT2D eigenvalue weighted by atomic mass is 10.1. The van der Waals surface area contributed by atoms with Crippen LogP contribution < -0.4 is 5.32 Å². The fourth-order valence-corrected chi connectivity index (χ4v) is 2.22. The van der Waals surface area contributed by atoms with E-state index in [0.717, 1.165) is 12.8 Å². The zero-order valence-corrected chi connectivity index (χ0v) is 9.72. The van der Waals surface area contributed by atoms with Gasteiger partial charge in [0.1, 0.15) is 0 Å². The summed E-state index contributed by atoms with van der Waals surface area (Å²) in [6.07, 6.45) is 10.0. The summed E-state index contributed by atoms with van der Waals surface area (Å²) in [6.45, 7) is 0. The molecule has 5 heteroatoms. The number of aromatic carboxylic acids is 1. The fraction of sp³-hybridized carbons (Fsp3) is 0.583. The smallest absolute Gasteiger partial charge is 0.358 e. The summed E-state index contributed by atoms with van der Waals surface area (Å²) in [6, 6.07) is 0.326. The zero-order chi connectivity index (χ0) is 12.1. The van der Waals surface area contributed by atoms with Crippen molar-refractivity contribution in [2.24, 2.45) is 0 Å². The highest BCUT2D eigenvalue weighted by Gasteiger charge is 2.17. The quantitative estimate of drug-likeness (QED) is 0.786. The Balaban J connectivity index is 2.09. The first-order valence-electron chi connectivity index (χ1n) is 6.08. The minimum absolute atomic E-state index is 0.0109. The Hall–Kier alpha value is -1.65. The largest absolute Gasteiger partial charge is 0.476 e. The lowest BCUT2D eigenvalue weighted by molar-refractivity contribution is 0.0691. The Morgan fingerprint density at radius 3 is 2.47 bits per heavy atom. The van der Waals surface area contributed by atoms with Crippen LogP contribution in [0.3, 0.4) is 0 Å². The molecule has 1 saturated carbocycles. The van der Waals surface area contributed by atoms with Gasteiger partial charge in [0, 0.05) is 18.4 Å². The van der Waals surface area contributed by atoms with Gasteiger partial charge in [-0.15, -0.1) is 0 Å². The Morgan fingerprint density at radius 1 is 1.18 bits per heavy atom. The van der Waals surface area contributed by atoms with Crippen molar-refractivity contribution in [3.05, 3.63) is 18.1 Å². The highest BCUT2D eigenvalue weighted by molar-refractivity contribution is 5.90. The maximum Gasteiger partial charge on any atom is 0.358 e. The van der Waals surface area contributed by atoms with E-state index in [1.54, 1.807) is 0 Å². The highest BCUT2D eigenvalue weighted by atomic mass is 16.4. The normalized spacial score (nSPS) is 17.4. The maximum atomic E-state index is 11.0. The van der Waals surface area contributed by atoms with E-state index in [1.165, 1.54) is 38.1 Å². The molecule has 1 aromatic heterocycles. The van der Waals surface area contributed by atoms with Crippen LogP contribution in [0.2, 0.25) is 0 Å². The third kappa shape index (κ3) is 3.15. The van der Waals surface area contributed by atoms with Gasteiger partial charge in [-0.2, -0.15) is 0 Å². The Bertz CT molecular complexity index is 387. The van der Waals surface area contributed by atoms with Crippen molar-refractivity contribution in [3.8, 4) is 0 Å². The first-order valence-corrected chi connectivity index (χ1v) is 6.08. The summed E-state index contributed by atoms with van der Waals surface area (Å²) in [5, 5.41) is 12.2. The number of carbonyl (C=O) groups is 1. The molecule has 1 aliphatic carbocycles. The molecule has 0 radical (unpaired) electrons. The van der Waals surface area contributed by atoms with Crippen molar-refractivity contribution in [3.63, 3.8) is 0 Å². The van der Waals surface area contributed by atoms with Gasteiger partial charge in [0.25, 0.3) is 0 Å². The summed E-state index contributed by atoms with van der Waals surface area (Å²) < 4.78 is 0. The van der Waals surface area contributed by atoms with Gasteiger partial charge in [-0.25, -0.2) is 14.8 Å². The van der Waals surface area contributed by atoms with Crippen LogP contribution in [-0.4, -0.2) is 27.1 Å². The van der Waals surface area contributed by atoms with Gasteiger partial charge in [-0.3, -0.25) is 0 Å². The number of rotatable bonds is 3. The van der Waals surface area contributed by atoms with E-state index in [4.69, 9.17) is 5.11 Å². The molecule has 1 aliphatic rings. The number of nitrogens with zero attached hydrogens (tertiary/aromatic N) is 2. The van der Waals surface area contributed by atoms with Gasteiger partial charge in [0.15, 0.2) is 11.5 Å². The highest BCUT2D eigenvalue weighted by Crippen LogP contribution is 2.21. The average molecular weight is 235 g/mol. The number of nitrogens with one attached hydrogen (secondary N) is 1. The molecule has 2 rings (SSSR count). The van der Waals surface area contributed by atoms with E-state index in [0.29, 0.717) is 11.9 Å². The van der Waals surface area contributed by atoms with E-state index < -0.39 is 5.97 Å². The molecule has 92 valence electrons.